The lowest BCUT2D eigenvalue weighted by atomic mass is 10.0. The zero-order valence-corrected chi connectivity index (χ0v) is 26.0. The molecule has 4 heteroatoms. The SMILES string of the molecule is c1ccc(-c2cccc(N(c3cc4c5c(cccc5c3)-c3nc(-c5ccccc5)oc3-4)c3cccc4c3sc3ccccc34)c2)cc1. The van der Waals surface area contributed by atoms with E-state index in [0.717, 1.165) is 50.6 Å². The van der Waals surface area contributed by atoms with Crippen molar-refractivity contribution in [2.24, 2.45) is 0 Å². The third-order valence-electron chi connectivity index (χ3n) is 9.20. The van der Waals surface area contributed by atoms with Crippen molar-refractivity contribution in [1.29, 1.82) is 0 Å². The number of hydrogen-bond donors (Lipinski definition) is 0. The summed E-state index contributed by atoms with van der Waals surface area (Å²) in [6.07, 6.45) is 0. The molecule has 10 rings (SSSR count). The lowest BCUT2D eigenvalue weighted by molar-refractivity contribution is 0.590. The summed E-state index contributed by atoms with van der Waals surface area (Å²) in [5.74, 6) is 1.47. The van der Waals surface area contributed by atoms with Gasteiger partial charge in [0.2, 0.25) is 5.89 Å². The van der Waals surface area contributed by atoms with Gasteiger partial charge in [-0.3, -0.25) is 0 Å². The minimum atomic E-state index is 0.645. The highest BCUT2D eigenvalue weighted by Gasteiger charge is 2.30. The summed E-state index contributed by atoms with van der Waals surface area (Å²) >= 11 is 1.85. The van der Waals surface area contributed by atoms with Crippen LogP contribution >= 0.6 is 11.3 Å². The van der Waals surface area contributed by atoms with Crippen molar-refractivity contribution < 1.29 is 4.42 Å². The summed E-state index contributed by atoms with van der Waals surface area (Å²) < 4.78 is 9.14. The van der Waals surface area contributed by atoms with E-state index in [9.17, 15) is 0 Å². The molecule has 0 fully saturated rings. The van der Waals surface area contributed by atoms with Crippen LogP contribution in [0.25, 0.3) is 76.1 Å². The lowest BCUT2D eigenvalue weighted by Crippen LogP contribution is -2.10. The van der Waals surface area contributed by atoms with Gasteiger partial charge in [-0.2, -0.15) is 0 Å². The number of anilines is 3. The molecule has 9 aromatic rings. The van der Waals surface area contributed by atoms with Gasteiger partial charge in [0.05, 0.1) is 10.4 Å². The van der Waals surface area contributed by atoms with Crippen LogP contribution in [0.4, 0.5) is 17.1 Å². The zero-order valence-electron chi connectivity index (χ0n) is 25.2. The molecule has 7 aromatic carbocycles. The summed E-state index contributed by atoms with van der Waals surface area (Å²) in [5.41, 5.74) is 9.76. The highest BCUT2D eigenvalue weighted by molar-refractivity contribution is 7.26. The van der Waals surface area contributed by atoms with Crippen LogP contribution in [-0.4, -0.2) is 4.98 Å². The maximum absolute atomic E-state index is 6.59. The highest BCUT2D eigenvalue weighted by Crippen LogP contribution is 2.52. The Morgan fingerprint density at radius 2 is 1.26 bits per heavy atom. The predicted molar refractivity (Wildman–Crippen MR) is 197 cm³/mol. The smallest absolute Gasteiger partial charge is 0.227 e. The maximum Gasteiger partial charge on any atom is 0.227 e. The number of thiophene rings is 1. The second-order valence-corrected chi connectivity index (χ2v) is 13.0. The van der Waals surface area contributed by atoms with Gasteiger partial charge in [-0.05, 0) is 65.0 Å². The van der Waals surface area contributed by atoms with Crippen molar-refractivity contribution in [3.05, 3.63) is 158 Å². The third kappa shape index (κ3) is 4.09. The van der Waals surface area contributed by atoms with Gasteiger partial charge in [0, 0.05) is 48.9 Å². The second kappa shape index (κ2) is 10.3. The van der Waals surface area contributed by atoms with Gasteiger partial charge in [-0.15, -0.1) is 11.3 Å². The van der Waals surface area contributed by atoms with Crippen molar-refractivity contribution in [1.82, 2.24) is 4.98 Å². The van der Waals surface area contributed by atoms with E-state index in [1.165, 1.54) is 36.7 Å². The minimum Gasteiger partial charge on any atom is -0.435 e. The Morgan fingerprint density at radius 1 is 0.532 bits per heavy atom. The highest BCUT2D eigenvalue weighted by atomic mass is 32.1. The van der Waals surface area contributed by atoms with Crippen molar-refractivity contribution >= 4 is 59.3 Å². The van der Waals surface area contributed by atoms with E-state index in [2.05, 4.69) is 132 Å². The Bertz CT molecular complexity index is 2640. The van der Waals surface area contributed by atoms with Crippen molar-refractivity contribution in [2.45, 2.75) is 0 Å². The number of benzene rings is 7. The van der Waals surface area contributed by atoms with Crippen LogP contribution in [0.15, 0.2) is 162 Å². The molecule has 3 nitrogen and oxygen atoms in total. The number of aromatic nitrogens is 1. The summed E-state index contributed by atoms with van der Waals surface area (Å²) in [6, 6.07) is 56.1. The average Bonchev–Trinajstić information content (AvgIpc) is 3.82. The van der Waals surface area contributed by atoms with E-state index >= 15 is 0 Å². The van der Waals surface area contributed by atoms with E-state index in [-0.39, 0.29) is 0 Å². The molecule has 47 heavy (non-hydrogen) atoms. The zero-order chi connectivity index (χ0) is 30.9. The minimum absolute atomic E-state index is 0.645. The summed E-state index contributed by atoms with van der Waals surface area (Å²) in [7, 11) is 0. The monoisotopic (exact) mass is 618 g/mol. The molecule has 0 saturated carbocycles. The first-order valence-electron chi connectivity index (χ1n) is 15.8. The van der Waals surface area contributed by atoms with E-state index < -0.39 is 0 Å². The van der Waals surface area contributed by atoms with Crippen LogP contribution in [-0.2, 0) is 0 Å². The molecular formula is C43H26N2OS. The molecule has 0 unspecified atom stereocenters. The van der Waals surface area contributed by atoms with Crippen LogP contribution < -0.4 is 4.90 Å². The standard InChI is InChI=1S/C43H26N2OS/c1-3-12-27(13-4-1)29-16-9-18-31(24-29)45(37-22-11-20-34-33-19-7-8-23-38(33)47-42(34)37)32-25-30-17-10-21-35-39(30)36(26-32)41-40(35)44-43(46-41)28-14-5-2-6-15-28/h1-26H. The molecule has 0 saturated heterocycles. The average molecular weight is 619 g/mol. The van der Waals surface area contributed by atoms with Crippen LogP contribution in [0.5, 0.6) is 0 Å². The summed E-state index contributed by atoms with van der Waals surface area (Å²) in [4.78, 5) is 7.44. The fourth-order valence-electron chi connectivity index (χ4n) is 7.10. The number of fused-ring (bicyclic) bond motifs is 6. The molecule has 0 aliphatic heterocycles. The molecule has 1 aliphatic carbocycles. The van der Waals surface area contributed by atoms with Crippen LogP contribution in [0, 0.1) is 0 Å². The molecule has 0 radical (unpaired) electrons. The van der Waals surface area contributed by atoms with Gasteiger partial charge in [0.1, 0.15) is 5.69 Å². The van der Waals surface area contributed by atoms with E-state index in [4.69, 9.17) is 9.40 Å². The second-order valence-electron chi connectivity index (χ2n) is 12.0. The van der Waals surface area contributed by atoms with E-state index in [1.807, 2.05) is 41.7 Å². The summed E-state index contributed by atoms with van der Waals surface area (Å²) in [6.45, 7) is 0. The molecular weight excluding hydrogens is 593 g/mol. The molecule has 2 heterocycles. The van der Waals surface area contributed by atoms with Crippen molar-refractivity contribution in [3.8, 4) is 45.2 Å². The van der Waals surface area contributed by atoms with Crippen molar-refractivity contribution in [2.75, 3.05) is 4.90 Å². The fraction of sp³-hybridized carbons (Fsp3) is 0. The van der Waals surface area contributed by atoms with Crippen molar-refractivity contribution in [3.63, 3.8) is 0 Å². The predicted octanol–water partition coefficient (Wildman–Crippen LogP) is 12.6. The molecule has 1 aliphatic rings. The van der Waals surface area contributed by atoms with Crippen LogP contribution in [0.3, 0.4) is 0 Å². The van der Waals surface area contributed by atoms with Gasteiger partial charge in [0.25, 0.3) is 0 Å². The van der Waals surface area contributed by atoms with E-state index in [1.54, 1.807) is 0 Å². The first-order valence-corrected chi connectivity index (χ1v) is 16.6. The van der Waals surface area contributed by atoms with Crippen LogP contribution in [0.1, 0.15) is 0 Å². The normalized spacial score (nSPS) is 11.8. The number of hydrogen-bond acceptors (Lipinski definition) is 4. The van der Waals surface area contributed by atoms with Crippen LogP contribution in [0.2, 0.25) is 0 Å². The molecule has 0 bridgehead atoms. The number of rotatable bonds is 5. The molecule has 2 aromatic heterocycles. The molecule has 0 atom stereocenters. The van der Waals surface area contributed by atoms with Gasteiger partial charge >= 0.3 is 0 Å². The van der Waals surface area contributed by atoms with Gasteiger partial charge in [0.15, 0.2) is 5.76 Å². The fourth-order valence-corrected chi connectivity index (χ4v) is 8.30. The van der Waals surface area contributed by atoms with Gasteiger partial charge in [-0.1, -0.05) is 109 Å². The molecule has 0 spiro atoms. The molecule has 0 amide bonds. The Kier molecular flexibility index (Phi) is 5.74. The topological polar surface area (TPSA) is 29.3 Å². The number of oxazole rings is 1. The maximum atomic E-state index is 6.59. The Labute approximate surface area is 275 Å². The van der Waals surface area contributed by atoms with Gasteiger partial charge < -0.3 is 9.32 Å². The first kappa shape index (κ1) is 26.3. The lowest BCUT2D eigenvalue weighted by Gasteiger charge is -2.27. The van der Waals surface area contributed by atoms with Gasteiger partial charge in [-0.25, -0.2) is 4.98 Å². The largest absolute Gasteiger partial charge is 0.435 e. The molecule has 220 valence electrons. The Hall–Kier alpha value is -5.97. The Morgan fingerprint density at radius 3 is 2.13 bits per heavy atom. The third-order valence-corrected chi connectivity index (χ3v) is 10.4. The first-order chi connectivity index (χ1) is 23.3. The quantitative estimate of drug-likeness (QED) is 0.192. The molecule has 0 N–H and O–H groups in total. The Balaban J connectivity index is 1.23. The van der Waals surface area contributed by atoms with E-state index in [0.29, 0.717) is 5.89 Å². The number of nitrogens with zero attached hydrogens (tertiary/aromatic N) is 2. The summed E-state index contributed by atoms with van der Waals surface area (Å²) in [5, 5.41) is 4.91.